The number of carbonyl (C=O) groups is 1. The van der Waals surface area contributed by atoms with Gasteiger partial charge in [0, 0.05) is 59.6 Å². The van der Waals surface area contributed by atoms with E-state index in [0.717, 1.165) is 48.1 Å². The summed E-state index contributed by atoms with van der Waals surface area (Å²) in [5, 5.41) is 11.5. The SMILES string of the molecule is CN(C)c1cc(NC2CCC(CNC(=O)Nc3cc(Cl)cc(Cl)c3)CC2)nc2ccccc12. The fraction of sp³-hybridized carbons (Fsp3) is 0.360. The van der Waals surface area contributed by atoms with Crippen molar-refractivity contribution in [2.24, 2.45) is 5.92 Å². The van der Waals surface area contributed by atoms with E-state index in [0.29, 0.717) is 34.2 Å². The maximum absolute atomic E-state index is 12.2. The highest BCUT2D eigenvalue weighted by molar-refractivity contribution is 6.35. The van der Waals surface area contributed by atoms with Crippen LogP contribution >= 0.6 is 23.2 Å². The topological polar surface area (TPSA) is 69.3 Å². The molecule has 1 saturated carbocycles. The van der Waals surface area contributed by atoms with E-state index in [1.807, 2.05) is 12.1 Å². The zero-order valence-corrected chi connectivity index (χ0v) is 20.4. The van der Waals surface area contributed by atoms with E-state index in [1.165, 1.54) is 0 Å². The van der Waals surface area contributed by atoms with Gasteiger partial charge in [0.25, 0.3) is 0 Å². The molecule has 6 nitrogen and oxygen atoms in total. The van der Waals surface area contributed by atoms with Gasteiger partial charge in [0.05, 0.1) is 5.52 Å². The van der Waals surface area contributed by atoms with E-state index in [9.17, 15) is 4.79 Å². The highest BCUT2D eigenvalue weighted by atomic mass is 35.5. The lowest BCUT2D eigenvalue weighted by atomic mass is 9.86. The van der Waals surface area contributed by atoms with Crippen molar-refractivity contribution in [3.05, 3.63) is 58.6 Å². The van der Waals surface area contributed by atoms with Gasteiger partial charge in [-0.3, -0.25) is 0 Å². The molecule has 1 aliphatic carbocycles. The average Bonchev–Trinajstić information content (AvgIpc) is 2.77. The predicted molar refractivity (Wildman–Crippen MR) is 139 cm³/mol. The smallest absolute Gasteiger partial charge is 0.319 e. The Hall–Kier alpha value is -2.70. The van der Waals surface area contributed by atoms with Crippen LogP contribution in [-0.2, 0) is 0 Å². The molecular weight excluding hydrogens is 457 g/mol. The molecule has 1 aromatic heterocycles. The molecule has 0 spiro atoms. The van der Waals surface area contributed by atoms with Gasteiger partial charge in [-0.15, -0.1) is 0 Å². The summed E-state index contributed by atoms with van der Waals surface area (Å²) in [4.78, 5) is 19.2. The summed E-state index contributed by atoms with van der Waals surface area (Å²) in [7, 11) is 4.11. The first-order chi connectivity index (χ1) is 15.9. The van der Waals surface area contributed by atoms with Crippen molar-refractivity contribution in [1.29, 1.82) is 0 Å². The van der Waals surface area contributed by atoms with Crippen LogP contribution in [0.25, 0.3) is 10.9 Å². The Kier molecular flexibility index (Phi) is 7.46. The van der Waals surface area contributed by atoms with Gasteiger partial charge < -0.3 is 20.9 Å². The van der Waals surface area contributed by atoms with Crippen LogP contribution in [0.2, 0.25) is 10.0 Å². The number of pyridine rings is 1. The Bertz CT molecular complexity index is 1110. The number of nitrogens with one attached hydrogen (secondary N) is 3. The molecule has 1 heterocycles. The number of hydrogen-bond acceptors (Lipinski definition) is 4. The molecule has 0 radical (unpaired) electrons. The minimum absolute atomic E-state index is 0.245. The lowest BCUT2D eigenvalue weighted by molar-refractivity contribution is 0.246. The Morgan fingerprint density at radius 1 is 1.03 bits per heavy atom. The monoisotopic (exact) mass is 485 g/mol. The maximum atomic E-state index is 12.2. The Balaban J connectivity index is 1.27. The molecule has 0 atom stereocenters. The number of anilines is 3. The Morgan fingerprint density at radius 3 is 2.42 bits per heavy atom. The molecule has 33 heavy (non-hydrogen) atoms. The van der Waals surface area contributed by atoms with E-state index in [2.05, 4.69) is 53.1 Å². The number of nitrogens with zero attached hydrogens (tertiary/aromatic N) is 2. The van der Waals surface area contributed by atoms with Crippen LogP contribution in [0.1, 0.15) is 25.7 Å². The van der Waals surface area contributed by atoms with E-state index in [4.69, 9.17) is 28.2 Å². The molecule has 3 N–H and O–H groups in total. The van der Waals surface area contributed by atoms with Crippen LogP contribution < -0.4 is 20.9 Å². The van der Waals surface area contributed by atoms with E-state index >= 15 is 0 Å². The molecule has 3 aromatic rings. The lowest BCUT2D eigenvalue weighted by Gasteiger charge is -2.30. The largest absolute Gasteiger partial charge is 0.377 e. The number of benzene rings is 2. The summed E-state index contributed by atoms with van der Waals surface area (Å²) in [5.41, 5.74) is 2.74. The second kappa shape index (κ2) is 10.5. The quantitative estimate of drug-likeness (QED) is 0.377. The zero-order chi connectivity index (χ0) is 23.4. The summed E-state index contributed by atoms with van der Waals surface area (Å²) < 4.78 is 0. The molecule has 1 aliphatic rings. The number of rotatable bonds is 6. The van der Waals surface area contributed by atoms with Gasteiger partial charge in [-0.25, -0.2) is 9.78 Å². The van der Waals surface area contributed by atoms with Crippen molar-refractivity contribution < 1.29 is 4.79 Å². The van der Waals surface area contributed by atoms with Gasteiger partial charge >= 0.3 is 6.03 Å². The van der Waals surface area contributed by atoms with Crippen molar-refractivity contribution in [2.75, 3.05) is 36.2 Å². The van der Waals surface area contributed by atoms with Crippen molar-refractivity contribution in [3.63, 3.8) is 0 Å². The molecule has 8 heteroatoms. The highest BCUT2D eigenvalue weighted by Crippen LogP contribution is 2.30. The molecule has 0 unspecified atom stereocenters. The fourth-order valence-electron chi connectivity index (χ4n) is 4.36. The van der Waals surface area contributed by atoms with Crippen molar-refractivity contribution in [3.8, 4) is 0 Å². The second-order valence-electron chi connectivity index (χ2n) is 8.79. The molecule has 0 bridgehead atoms. The first-order valence-electron chi connectivity index (χ1n) is 11.2. The van der Waals surface area contributed by atoms with Crippen LogP contribution in [0, 0.1) is 5.92 Å². The van der Waals surface area contributed by atoms with Gasteiger partial charge in [0.15, 0.2) is 0 Å². The third kappa shape index (κ3) is 6.21. The number of amides is 2. The lowest BCUT2D eigenvalue weighted by Crippen LogP contribution is -2.36. The Morgan fingerprint density at radius 2 is 1.73 bits per heavy atom. The van der Waals surface area contributed by atoms with Gasteiger partial charge in [-0.2, -0.15) is 0 Å². The Labute approximate surface area is 204 Å². The highest BCUT2D eigenvalue weighted by Gasteiger charge is 2.22. The van der Waals surface area contributed by atoms with E-state index in [-0.39, 0.29) is 6.03 Å². The van der Waals surface area contributed by atoms with Crippen LogP contribution in [-0.4, -0.2) is 37.7 Å². The predicted octanol–water partition coefficient (Wildman–Crippen LogP) is 6.40. The third-order valence-electron chi connectivity index (χ3n) is 6.05. The molecule has 0 saturated heterocycles. The molecule has 0 aliphatic heterocycles. The molecule has 4 rings (SSSR count). The van der Waals surface area contributed by atoms with Gasteiger partial charge in [-0.1, -0.05) is 41.4 Å². The van der Waals surface area contributed by atoms with Crippen LogP contribution in [0.4, 0.5) is 22.0 Å². The molecule has 2 amide bonds. The standard InChI is InChI=1S/C25H29Cl2N5O/c1-32(2)23-14-24(31-22-6-4-3-5-21(22)23)29-19-9-7-16(8-10-19)15-28-25(33)30-20-12-17(26)11-18(27)13-20/h3-6,11-14,16,19H,7-10,15H2,1-2H3,(H,29,31)(H2,28,30,33). The van der Waals surface area contributed by atoms with Gasteiger partial charge in [0.1, 0.15) is 5.82 Å². The average molecular weight is 486 g/mol. The van der Waals surface area contributed by atoms with Crippen molar-refractivity contribution in [1.82, 2.24) is 10.3 Å². The molecule has 1 fully saturated rings. The number of hydrogen-bond donors (Lipinski definition) is 3. The second-order valence-corrected chi connectivity index (χ2v) is 9.67. The molecule has 174 valence electrons. The first kappa shape index (κ1) is 23.5. The molecule has 2 aromatic carbocycles. The normalized spacial score (nSPS) is 18.1. The summed E-state index contributed by atoms with van der Waals surface area (Å²) >= 11 is 12.0. The van der Waals surface area contributed by atoms with E-state index in [1.54, 1.807) is 18.2 Å². The number of urea groups is 1. The van der Waals surface area contributed by atoms with Crippen molar-refractivity contribution >= 4 is 57.3 Å². The van der Waals surface area contributed by atoms with E-state index < -0.39 is 0 Å². The third-order valence-corrected chi connectivity index (χ3v) is 6.48. The number of aromatic nitrogens is 1. The summed E-state index contributed by atoms with van der Waals surface area (Å²) in [6, 6.07) is 15.5. The zero-order valence-electron chi connectivity index (χ0n) is 18.9. The van der Waals surface area contributed by atoms with Crippen LogP contribution in [0.5, 0.6) is 0 Å². The minimum atomic E-state index is -0.245. The summed E-state index contributed by atoms with van der Waals surface area (Å²) in [6.07, 6.45) is 4.19. The number of fused-ring (bicyclic) bond motifs is 1. The fourth-order valence-corrected chi connectivity index (χ4v) is 4.89. The number of halogens is 2. The molecular formula is C25H29Cl2N5O. The maximum Gasteiger partial charge on any atom is 0.319 e. The summed E-state index contributed by atoms with van der Waals surface area (Å²) in [5.74, 6) is 1.37. The van der Waals surface area contributed by atoms with Gasteiger partial charge in [-0.05, 0) is 55.9 Å². The number of carbonyl (C=O) groups excluding carboxylic acids is 1. The minimum Gasteiger partial charge on any atom is -0.377 e. The van der Waals surface area contributed by atoms with Crippen LogP contribution in [0.15, 0.2) is 48.5 Å². The van der Waals surface area contributed by atoms with Crippen molar-refractivity contribution in [2.45, 2.75) is 31.7 Å². The van der Waals surface area contributed by atoms with Gasteiger partial charge in [0.2, 0.25) is 0 Å². The first-order valence-corrected chi connectivity index (χ1v) is 12.0. The summed E-state index contributed by atoms with van der Waals surface area (Å²) in [6.45, 7) is 0.645. The number of para-hydroxylation sites is 1. The van der Waals surface area contributed by atoms with Crippen LogP contribution in [0.3, 0.4) is 0 Å².